The minimum absolute atomic E-state index is 0.195. The Hall–Kier alpha value is -1.09. The predicted octanol–water partition coefficient (Wildman–Crippen LogP) is 1.16. The standard InChI is InChI=1S/C10H15N3/c1-8-4-3-5-9(12-8)13-10(2)6-11-7-10/h3-5,11H,6-7H2,1-2H3,(H,12,13). The molecule has 0 aliphatic carbocycles. The highest BCUT2D eigenvalue weighted by Crippen LogP contribution is 2.16. The van der Waals surface area contributed by atoms with Crippen LogP contribution in [-0.2, 0) is 0 Å². The van der Waals surface area contributed by atoms with Crippen molar-refractivity contribution in [3.63, 3.8) is 0 Å². The minimum atomic E-state index is 0.195. The second kappa shape index (κ2) is 3.00. The van der Waals surface area contributed by atoms with Crippen LogP contribution in [0.3, 0.4) is 0 Å². The van der Waals surface area contributed by atoms with Gasteiger partial charge >= 0.3 is 0 Å². The summed E-state index contributed by atoms with van der Waals surface area (Å²) in [5.41, 5.74) is 1.25. The molecule has 2 N–H and O–H groups in total. The number of nitrogens with zero attached hydrogens (tertiary/aromatic N) is 1. The van der Waals surface area contributed by atoms with Crippen LogP contribution in [0.2, 0.25) is 0 Å². The van der Waals surface area contributed by atoms with Gasteiger partial charge in [-0.1, -0.05) is 6.07 Å². The van der Waals surface area contributed by atoms with E-state index >= 15 is 0 Å². The lowest BCUT2D eigenvalue weighted by molar-refractivity contribution is 0.337. The van der Waals surface area contributed by atoms with Gasteiger partial charge in [-0.3, -0.25) is 0 Å². The summed E-state index contributed by atoms with van der Waals surface area (Å²) in [4.78, 5) is 4.40. The van der Waals surface area contributed by atoms with E-state index in [1.54, 1.807) is 0 Å². The number of hydrogen-bond acceptors (Lipinski definition) is 3. The average Bonchev–Trinajstić information content (AvgIpc) is 2.01. The van der Waals surface area contributed by atoms with Gasteiger partial charge < -0.3 is 10.6 Å². The molecule has 2 rings (SSSR count). The third-order valence-corrected chi connectivity index (χ3v) is 2.35. The van der Waals surface area contributed by atoms with Gasteiger partial charge in [-0.05, 0) is 26.0 Å². The van der Waals surface area contributed by atoms with Crippen LogP contribution in [0.15, 0.2) is 18.2 Å². The van der Waals surface area contributed by atoms with Crippen LogP contribution in [0, 0.1) is 6.92 Å². The number of aromatic nitrogens is 1. The Labute approximate surface area is 78.6 Å². The first-order valence-electron chi connectivity index (χ1n) is 4.61. The number of nitrogens with one attached hydrogen (secondary N) is 2. The van der Waals surface area contributed by atoms with Crippen molar-refractivity contribution in [1.29, 1.82) is 0 Å². The lowest BCUT2D eigenvalue weighted by atomic mass is 9.95. The van der Waals surface area contributed by atoms with Crippen molar-refractivity contribution < 1.29 is 0 Å². The van der Waals surface area contributed by atoms with Gasteiger partial charge in [-0.15, -0.1) is 0 Å². The van der Waals surface area contributed by atoms with Crippen LogP contribution >= 0.6 is 0 Å². The fourth-order valence-electron chi connectivity index (χ4n) is 1.51. The van der Waals surface area contributed by atoms with Gasteiger partial charge in [0.15, 0.2) is 0 Å². The fourth-order valence-corrected chi connectivity index (χ4v) is 1.51. The Bertz CT molecular complexity index is 305. The largest absolute Gasteiger partial charge is 0.362 e. The molecule has 0 unspecified atom stereocenters. The highest BCUT2D eigenvalue weighted by molar-refractivity contribution is 5.39. The summed E-state index contributed by atoms with van der Waals surface area (Å²) in [5.74, 6) is 0.976. The molecule has 3 heteroatoms. The van der Waals surface area contributed by atoms with Gasteiger partial charge in [0.25, 0.3) is 0 Å². The number of rotatable bonds is 2. The summed E-state index contributed by atoms with van der Waals surface area (Å²) < 4.78 is 0. The summed E-state index contributed by atoms with van der Waals surface area (Å²) in [6, 6.07) is 6.04. The molecule has 70 valence electrons. The van der Waals surface area contributed by atoms with Crippen LogP contribution in [-0.4, -0.2) is 23.6 Å². The molecule has 0 spiro atoms. The minimum Gasteiger partial charge on any atom is -0.362 e. The van der Waals surface area contributed by atoms with Crippen molar-refractivity contribution >= 4 is 5.82 Å². The highest BCUT2D eigenvalue weighted by atomic mass is 15.2. The Kier molecular flexibility index (Phi) is 1.96. The van der Waals surface area contributed by atoms with E-state index in [-0.39, 0.29) is 5.54 Å². The van der Waals surface area contributed by atoms with Crippen LogP contribution in [0.25, 0.3) is 0 Å². The molecule has 13 heavy (non-hydrogen) atoms. The normalized spacial score (nSPS) is 19.2. The van der Waals surface area contributed by atoms with Gasteiger partial charge in [0.1, 0.15) is 5.82 Å². The van der Waals surface area contributed by atoms with Gasteiger partial charge in [0.2, 0.25) is 0 Å². The van der Waals surface area contributed by atoms with E-state index in [9.17, 15) is 0 Å². The SMILES string of the molecule is Cc1cccc(NC2(C)CNC2)n1. The lowest BCUT2D eigenvalue weighted by Gasteiger charge is -2.40. The van der Waals surface area contributed by atoms with Crippen molar-refractivity contribution in [2.45, 2.75) is 19.4 Å². The van der Waals surface area contributed by atoms with Gasteiger partial charge in [0, 0.05) is 18.8 Å². The number of hydrogen-bond donors (Lipinski definition) is 2. The molecule has 1 saturated heterocycles. The Balaban J connectivity index is 2.09. The van der Waals surface area contributed by atoms with Gasteiger partial charge in [-0.25, -0.2) is 4.98 Å². The van der Waals surface area contributed by atoms with Crippen molar-refractivity contribution in [3.8, 4) is 0 Å². The molecular weight excluding hydrogens is 162 g/mol. The van der Waals surface area contributed by atoms with E-state index < -0.39 is 0 Å². The van der Waals surface area contributed by atoms with Gasteiger partial charge in [-0.2, -0.15) is 0 Å². The zero-order chi connectivity index (χ0) is 9.31. The molecule has 1 aliphatic heterocycles. The molecule has 0 atom stereocenters. The molecule has 0 amide bonds. The Morgan fingerprint density at radius 3 is 2.77 bits per heavy atom. The third-order valence-electron chi connectivity index (χ3n) is 2.35. The number of pyridine rings is 1. The smallest absolute Gasteiger partial charge is 0.126 e. The molecule has 0 bridgehead atoms. The van der Waals surface area contributed by atoms with E-state index in [1.165, 1.54) is 0 Å². The maximum atomic E-state index is 4.40. The van der Waals surface area contributed by atoms with E-state index in [4.69, 9.17) is 0 Å². The van der Waals surface area contributed by atoms with E-state index in [2.05, 4.69) is 22.5 Å². The first-order chi connectivity index (χ1) is 6.18. The van der Waals surface area contributed by atoms with Crippen molar-refractivity contribution in [1.82, 2.24) is 10.3 Å². The van der Waals surface area contributed by atoms with Crippen LogP contribution in [0.1, 0.15) is 12.6 Å². The molecule has 1 aromatic rings. The van der Waals surface area contributed by atoms with E-state index in [0.29, 0.717) is 0 Å². The molecule has 1 aromatic heterocycles. The van der Waals surface area contributed by atoms with Crippen LogP contribution < -0.4 is 10.6 Å². The third kappa shape index (κ3) is 1.80. The second-order valence-corrected chi connectivity index (χ2v) is 3.95. The first kappa shape index (κ1) is 8.51. The first-order valence-corrected chi connectivity index (χ1v) is 4.61. The van der Waals surface area contributed by atoms with Crippen LogP contribution in [0.4, 0.5) is 5.82 Å². The summed E-state index contributed by atoms with van der Waals surface area (Å²) >= 11 is 0. The zero-order valence-electron chi connectivity index (χ0n) is 8.09. The van der Waals surface area contributed by atoms with Crippen LogP contribution in [0.5, 0.6) is 0 Å². The molecule has 1 aliphatic rings. The maximum absolute atomic E-state index is 4.40. The monoisotopic (exact) mass is 177 g/mol. The summed E-state index contributed by atoms with van der Waals surface area (Å²) in [7, 11) is 0. The van der Waals surface area contributed by atoms with Crippen molar-refractivity contribution in [3.05, 3.63) is 23.9 Å². The molecule has 0 aromatic carbocycles. The molecule has 1 fully saturated rings. The number of anilines is 1. The average molecular weight is 177 g/mol. The fraction of sp³-hybridized carbons (Fsp3) is 0.500. The summed E-state index contributed by atoms with van der Waals surface area (Å²) in [6.07, 6.45) is 0. The van der Waals surface area contributed by atoms with Crippen molar-refractivity contribution in [2.75, 3.05) is 18.4 Å². The highest BCUT2D eigenvalue weighted by Gasteiger charge is 2.31. The zero-order valence-corrected chi connectivity index (χ0v) is 8.09. The molecule has 2 heterocycles. The van der Waals surface area contributed by atoms with Crippen molar-refractivity contribution in [2.24, 2.45) is 0 Å². The van der Waals surface area contributed by atoms with E-state index in [0.717, 1.165) is 24.6 Å². The van der Waals surface area contributed by atoms with Gasteiger partial charge in [0.05, 0.1) is 5.54 Å². The molecule has 0 radical (unpaired) electrons. The number of aryl methyl sites for hydroxylation is 1. The molecular formula is C10H15N3. The second-order valence-electron chi connectivity index (χ2n) is 3.95. The van der Waals surface area contributed by atoms with E-state index in [1.807, 2.05) is 25.1 Å². The molecule has 3 nitrogen and oxygen atoms in total. The molecule has 0 saturated carbocycles. The summed E-state index contributed by atoms with van der Waals surface area (Å²) in [6.45, 7) is 6.24. The Morgan fingerprint density at radius 2 is 2.23 bits per heavy atom. The maximum Gasteiger partial charge on any atom is 0.126 e. The Morgan fingerprint density at radius 1 is 1.46 bits per heavy atom. The summed E-state index contributed by atoms with van der Waals surface area (Å²) in [5, 5.41) is 6.67. The predicted molar refractivity (Wildman–Crippen MR) is 53.9 cm³/mol. The topological polar surface area (TPSA) is 37.0 Å². The lowest BCUT2D eigenvalue weighted by Crippen LogP contribution is -2.62. The quantitative estimate of drug-likeness (QED) is 0.712.